The van der Waals surface area contributed by atoms with E-state index in [0.29, 0.717) is 22.8 Å². The summed E-state index contributed by atoms with van der Waals surface area (Å²) in [5.41, 5.74) is 9.52. The lowest BCUT2D eigenvalue weighted by Gasteiger charge is -2.26. The molecule has 0 saturated carbocycles. The number of hydrogen-bond acceptors (Lipinski definition) is 3. The molecular weight excluding hydrogens is 358 g/mol. The summed E-state index contributed by atoms with van der Waals surface area (Å²) in [5.74, 6) is -0.141. The summed E-state index contributed by atoms with van der Waals surface area (Å²) in [6.45, 7) is 3.80. The molecule has 3 rings (SSSR count). The van der Waals surface area contributed by atoms with Gasteiger partial charge in [-0.2, -0.15) is 0 Å². The minimum atomic E-state index is -0.141. The van der Waals surface area contributed by atoms with Crippen LogP contribution in [0.15, 0.2) is 54.6 Å². The summed E-state index contributed by atoms with van der Waals surface area (Å²) in [4.78, 5) is 14.6. The van der Waals surface area contributed by atoms with Crippen molar-refractivity contribution in [3.05, 3.63) is 70.8 Å². The smallest absolute Gasteiger partial charge is 0.253 e. The summed E-state index contributed by atoms with van der Waals surface area (Å²) in [5, 5.41) is 3.47. The average molecular weight is 384 g/mol. The van der Waals surface area contributed by atoms with Crippen molar-refractivity contribution in [3.63, 3.8) is 0 Å². The summed E-state index contributed by atoms with van der Waals surface area (Å²) in [6.07, 6.45) is 5.44. The summed E-state index contributed by atoms with van der Waals surface area (Å²) < 4.78 is 0. The molecule has 0 unspecified atom stereocenters. The van der Waals surface area contributed by atoms with E-state index >= 15 is 0 Å². The molecule has 0 aliphatic carbocycles. The number of nitrogens with zero attached hydrogens (tertiary/aromatic N) is 1. The van der Waals surface area contributed by atoms with E-state index in [9.17, 15) is 4.79 Å². The molecule has 0 atom stereocenters. The Balaban J connectivity index is 1.35. The van der Waals surface area contributed by atoms with Gasteiger partial charge < -0.3 is 11.1 Å². The molecule has 0 spiro atoms. The largest absolute Gasteiger partial charge is 0.398 e. The van der Waals surface area contributed by atoms with E-state index < -0.39 is 0 Å². The molecular formula is C22H26ClN3O. The van der Waals surface area contributed by atoms with Crippen molar-refractivity contribution in [2.45, 2.75) is 19.3 Å². The van der Waals surface area contributed by atoms with Crippen molar-refractivity contribution >= 4 is 28.8 Å². The van der Waals surface area contributed by atoms with Crippen LogP contribution in [0.4, 0.5) is 5.69 Å². The zero-order valence-electron chi connectivity index (χ0n) is 15.5. The monoisotopic (exact) mass is 383 g/mol. The van der Waals surface area contributed by atoms with Gasteiger partial charge in [0.1, 0.15) is 0 Å². The maximum atomic E-state index is 12.2. The normalized spacial score (nSPS) is 14.6. The predicted octanol–water partition coefficient (Wildman–Crippen LogP) is 4.22. The summed E-state index contributed by atoms with van der Waals surface area (Å²) in [7, 11) is 0. The van der Waals surface area contributed by atoms with Gasteiger partial charge in [0.2, 0.25) is 0 Å². The first-order chi connectivity index (χ1) is 13.1. The molecule has 0 aromatic heterocycles. The zero-order chi connectivity index (χ0) is 19.1. The van der Waals surface area contributed by atoms with Gasteiger partial charge in [-0.05, 0) is 55.1 Å². The molecule has 0 fully saturated rings. The van der Waals surface area contributed by atoms with E-state index in [2.05, 4.69) is 46.6 Å². The third kappa shape index (κ3) is 5.59. The molecule has 142 valence electrons. The number of nitrogens with two attached hydrogens (primary N) is 1. The van der Waals surface area contributed by atoms with Crippen LogP contribution < -0.4 is 11.1 Å². The molecule has 27 heavy (non-hydrogen) atoms. The maximum absolute atomic E-state index is 12.2. The molecule has 2 aromatic rings. The number of nitrogen functional groups attached to an aromatic ring is 1. The second-order valence-corrected chi connectivity index (χ2v) is 7.28. The van der Waals surface area contributed by atoms with E-state index in [1.54, 1.807) is 18.2 Å². The summed E-state index contributed by atoms with van der Waals surface area (Å²) in [6, 6.07) is 15.5. The van der Waals surface area contributed by atoms with Crippen molar-refractivity contribution in [3.8, 4) is 0 Å². The number of anilines is 1. The molecule has 1 heterocycles. The van der Waals surface area contributed by atoms with Crippen LogP contribution >= 0.6 is 11.6 Å². The quantitative estimate of drug-likeness (QED) is 0.556. The second-order valence-electron chi connectivity index (χ2n) is 6.84. The fourth-order valence-electron chi connectivity index (χ4n) is 3.33. The molecule has 3 N–H and O–H groups in total. The average Bonchev–Trinajstić information content (AvgIpc) is 2.69. The first-order valence-electron chi connectivity index (χ1n) is 9.43. The Morgan fingerprint density at radius 3 is 2.67 bits per heavy atom. The fourth-order valence-corrected chi connectivity index (χ4v) is 3.51. The van der Waals surface area contributed by atoms with E-state index in [-0.39, 0.29) is 5.91 Å². The first kappa shape index (κ1) is 19.5. The Labute approximate surface area is 166 Å². The lowest BCUT2D eigenvalue weighted by atomic mass is 9.99. The van der Waals surface area contributed by atoms with Gasteiger partial charge in [0.25, 0.3) is 5.91 Å². The van der Waals surface area contributed by atoms with E-state index in [1.165, 1.54) is 11.1 Å². The van der Waals surface area contributed by atoms with Crippen molar-refractivity contribution in [2.75, 3.05) is 31.9 Å². The Hall–Kier alpha value is -2.30. The minimum absolute atomic E-state index is 0.141. The molecule has 1 amide bonds. The lowest BCUT2D eigenvalue weighted by molar-refractivity contribution is 0.0953. The van der Waals surface area contributed by atoms with Crippen LogP contribution in [0.25, 0.3) is 5.57 Å². The topological polar surface area (TPSA) is 58.4 Å². The molecule has 0 radical (unpaired) electrons. The number of carbonyl (C=O) groups is 1. The van der Waals surface area contributed by atoms with E-state index in [4.69, 9.17) is 17.3 Å². The van der Waals surface area contributed by atoms with Gasteiger partial charge in [-0.15, -0.1) is 0 Å². The summed E-state index contributed by atoms with van der Waals surface area (Å²) >= 11 is 5.86. The number of carbonyl (C=O) groups excluding carboxylic acids is 1. The molecule has 2 aromatic carbocycles. The van der Waals surface area contributed by atoms with Crippen molar-refractivity contribution < 1.29 is 4.79 Å². The Morgan fingerprint density at radius 1 is 1.15 bits per heavy atom. The molecule has 4 nitrogen and oxygen atoms in total. The number of amides is 1. The van der Waals surface area contributed by atoms with Gasteiger partial charge in [0, 0.05) is 30.3 Å². The third-order valence-electron chi connectivity index (χ3n) is 4.88. The Morgan fingerprint density at radius 2 is 1.96 bits per heavy atom. The van der Waals surface area contributed by atoms with Gasteiger partial charge in [-0.25, -0.2) is 0 Å². The van der Waals surface area contributed by atoms with Crippen molar-refractivity contribution in [1.29, 1.82) is 0 Å². The maximum Gasteiger partial charge on any atom is 0.253 e. The number of unbranched alkanes of at least 4 members (excludes halogenated alkanes) is 1. The van der Waals surface area contributed by atoms with Crippen LogP contribution in [0.2, 0.25) is 5.02 Å². The molecule has 1 aliphatic rings. The fraction of sp³-hybridized carbons (Fsp3) is 0.318. The highest BCUT2D eigenvalue weighted by Gasteiger charge is 2.13. The van der Waals surface area contributed by atoms with Gasteiger partial charge in [0.05, 0.1) is 5.56 Å². The first-order valence-corrected chi connectivity index (χ1v) is 9.81. The zero-order valence-corrected chi connectivity index (χ0v) is 16.2. The minimum Gasteiger partial charge on any atom is -0.398 e. The van der Waals surface area contributed by atoms with Crippen LogP contribution in [-0.2, 0) is 0 Å². The van der Waals surface area contributed by atoms with E-state index in [0.717, 1.165) is 38.9 Å². The Kier molecular flexibility index (Phi) is 6.91. The number of rotatable bonds is 7. The standard InChI is InChI=1S/C22H26ClN3O/c23-19-8-9-20(21(24)16-19)22(27)25-12-4-5-13-26-14-10-18(11-15-26)17-6-2-1-3-7-17/h1-3,6-10,16H,4-5,11-15,24H2,(H,25,27). The SMILES string of the molecule is Nc1cc(Cl)ccc1C(=O)NCCCCN1CC=C(c2ccccc2)CC1. The van der Waals surface area contributed by atoms with Crippen LogP contribution in [0.3, 0.4) is 0 Å². The van der Waals surface area contributed by atoms with Gasteiger partial charge in [-0.1, -0.05) is 48.0 Å². The van der Waals surface area contributed by atoms with Crippen LogP contribution in [0, 0.1) is 0 Å². The van der Waals surface area contributed by atoms with Gasteiger partial charge >= 0.3 is 0 Å². The van der Waals surface area contributed by atoms with Crippen molar-refractivity contribution in [1.82, 2.24) is 10.2 Å². The Bertz CT molecular complexity index is 804. The highest BCUT2D eigenvalue weighted by Crippen LogP contribution is 2.22. The molecule has 0 saturated heterocycles. The molecule has 5 heteroatoms. The number of benzene rings is 2. The van der Waals surface area contributed by atoms with E-state index in [1.807, 2.05) is 0 Å². The highest BCUT2D eigenvalue weighted by atomic mass is 35.5. The molecule has 0 bridgehead atoms. The van der Waals surface area contributed by atoms with Crippen LogP contribution in [0.5, 0.6) is 0 Å². The number of hydrogen-bond donors (Lipinski definition) is 2. The highest BCUT2D eigenvalue weighted by molar-refractivity contribution is 6.31. The van der Waals surface area contributed by atoms with Crippen LogP contribution in [0.1, 0.15) is 35.2 Å². The predicted molar refractivity (Wildman–Crippen MR) is 113 cm³/mol. The van der Waals surface area contributed by atoms with Gasteiger partial charge in [-0.3, -0.25) is 9.69 Å². The number of halogens is 1. The second kappa shape index (κ2) is 9.58. The third-order valence-corrected chi connectivity index (χ3v) is 5.12. The van der Waals surface area contributed by atoms with Crippen LogP contribution in [-0.4, -0.2) is 37.0 Å². The van der Waals surface area contributed by atoms with Gasteiger partial charge in [0.15, 0.2) is 0 Å². The van der Waals surface area contributed by atoms with Crippen molar-refractivity contribution in [2.24, 2.45) is 0 Å². The lowest BCUT2D eigenvalue weighted by Crippen LogP contribution is -2.30. The number of nitrogens with one attached hydrogen (secondary N) is 1. The molecule has 1 aliphatic heterocycles.